The summed E-state index contributed by atoms with van der Waals surface area (Å²) in [4.78, 5) is 4.42. The molecule has 3 aromatic rings. The minimum atomic E-state index is 0. The zero-order chi connectivity index (χ0) is 20.8. The first-order valence-corrected chi connectivity index (χ1v) is 9.38. The lowest BCUT2D eigenvalue weighted by atomic mass is 10.2. The summed E-state index contributed by atoms with van der Waals surface area (Å²) < 4.78 is 12.5. The molecule has 3 N–H and O–H groups in total. The first-order valence-electron chi connectivity index (χ1n) is 9.38. The topological polar surface area (TPSA) is 86.7 Å². The van der Waals surface area contributed by atoms with Crippen molar-refractivity contribution in [2.45, 2.75) is 26.9 Å². The Balaban J connectivity index is 0.00000320. The number of benzene rings is 2. The number of rotatable bonds is 7. The van der Waals surface area contributed by atoms with Gasteiger partial charge in [0.25, 0.3) is 0 Å². The van der Waals surface area contributed by atoms with E-state index < -0.39 is 0 Å². The molecule has 0 aliphatic carbocycles. The molecule has 2 aromatic carbocycles. The van der Waals surface area contributed by atoms with Gasteiger partial charge in [0.1, 0.15) is 0 Å². The fraction of sp³-hybridized carbons (Fsp3) is 0.273. The third kappa shape index (κ3) is 5.44. The monoisotopic (exact) mass is 521 g/mol. The number of nitrogens with one attached hydrogen (secondary N) is 1. The van der Waals surface area contributed by atoms with Gasteiger partial charge in [-0.1, -0.05) is 24.3 Å². The molecule has 8 heteroatoms. The fourth-order valence-electron chi connectivity index (χ4n) is 3.14. The van der Waals surface area contributed by atoms with E-state index >= 15 is 0 Å². The summed E-state index contributed by atoms with van der Waals surface area (Å²) in [5.41, 5.74) is 11.2. The number of para-hydroxylation sites is 1. The van der Waals surface area contributed by atoms with Crippen LogP contribution in [0.25, 0.3) is 5.69 Å². The Kier molecular flexibility index (Phi) is 8.52. The largest absolute Gasteiger partial charge is 0.493 e. The van der Waals surface area contributed by atoms with Gasteiger partial charge < -0.3 is 20.5 Å². The molecular formula is C22H28IN5O2. The predicted octanol–water partition coefficient (Wildman–Crippen LogP) is 3.73. The summed E-state index contributed by atoms with van der Waals surface area (Å²) in [5.74, 6) is 1.74. The van der Waals surface area contributed by atoms with Crippen molar-refractivity contribution < 1.29 is 9.47 Å². The average Bonchev–Trinajstić information content (AvgIpc) is 3.04. The zero-order valence-electron chi connectivity index (χ0n) is 17.7. The van der Waals surface area contributed by atoms with E-state index in [4.69, 9.17) is 15.2 Å². The molecule has 0 saturated heterocycles. The third-order valence-corrected chi connectivity index (χ3v) is 4.77. The minimum Gasteiger partial charge on any atom is -0.493 e. The van der Waals surface area contributed by atoms with Crippen molar-refractivity contribution in [1.82, 2.24) is 15.1 Å². The quantitative estimate of drug-likeness (QED) is 0.281. The van der Waals surface area contributed by atoms with Gasteiger partial charge in [-0.15, -0.1) is 24.0 Å². The van der Waals surface area contributed by atoms with Gasteiger partial charge >= 0.3 is 0 Å². The number of ether oxygens (including phenoxy) is 2. The molecule has 1 aromatic heterocycles. The molecule has 0 saturated carbocycles. The van der Waals surface area contributed by atoms with Crippen LogP contribution in [0.1, 0.15) is 22.5 Å². The number of nitrogens with two attached hydrogens (primary N) is 1. The molecule has 0 bridgehead atoms. The molecule has 0 spiro atoms. The van der Waals surface area contributed by atoms with E-state index in [9.17, 15) is 0 Å². The lowest BCUT2D eigenvalue weighted by Gasteiger charge is -2.09. The number of methoxy groups -OCH3 is 2. The van der Waals surface area contributed by atoms with Crippen LogP contribution in [0.3, 0.4) is 0 Å². The van der Waals surface area contributed by atoms with E-state index in [1.165, 1.54) is 0 Å². The van der Waals surface area contributed by atoms with Crippen LogP contribution in [0.15, 0.2) is 53.5 Å². The maximum absolute atomic E-state index is 6.07. The number of aromatic nitrogens is 2. The Morgan fingerprint density at radius 2 is 1.77 bits per heavy atom. The number of nitrogens with zero attached hydrogens (tertiary/aromatic N) is 3. The average molecular weight is 521 g/mol. The molecule has 0 radical (unpaired) electrons. The van der Waals surface area contributed by atoms with Crippen LogP contribution in [0.5, 0.6) is 11.5 Å². The highest BCUT2D eigenvalue weighted by molar-refractivity contribution is 14.0. The highest BCUT2D eigenvalue weighted by Crippen LogP contribution is 2.27. The molecule has 0 amide bonds. The van der Waals surface area contributed by atoms with Gasteiger partial charge in [-0.25, -0.2) is 9.67 Å². The Bertz CT molecular complexity index is 1000. The van der Waals surface area contributed by atoms with Crippen molar-refractivity contribution >= 4 is 29.9 Å². The molecular weight excluding hydrogens is 493 g/mol. The van der Waals surface area contributed by atoms with Crippen LogP contribution in [0.4, 0.5) is 0 Å². The normalized spacial score (nSPS) is 11.0. The SMILES string of the molecule is COc1ccc(CN=C(N)NCc2c(C)nn(-c3ccccc3)c2C)cc1OC.I. The van der Waals surface area contributed by atoms with E-state index in [0.717, 1.165) is 28.2 Å². The highest BCUT2D eigenvalue weighted by Gasteiger charge is 2.12. The Morgan fingerprint density at radius 1 is 1.07 bits per heavy atom. The molecule has 7 nitrogen and oxygen atoms in total. The molecule has 0 aliphatic rings. The predicted molar refractivity (Wildman–Crippen MR) is 130 cm³/mol. The second-order valence-corrected chi connectivity index (χ2v) is 6.64. The van der Waals surface area contributed by atoms with Crippen LogP contribution in [-0.2, 0) is 13.1 Å². The second-order valence-electron chi connectivity index (χ2n) is 6.64. The van der Waals surface area contributed by atoms with Gasteiger partial charge in [0.15, 0.2) is 17.5 Å². The maximum atomic E-state index is 6.07. The molecule has 1 heterocycles. The number of aliphatic imine (C=N–C) groups is 1. The van der Waals surface area contributed by atoms with Gasteiger partial charge in [-0.3, -0.25) is 0 Å². The maximum Gasteiger partial charge on any atom is 0.189 e. The summed E-state index contributed by atoms with van der Waals surface area (Å²) in [6.07, 6.45) is 0. The summed E-state index contributed by atoms with van der Waals surface area (Å²) in [5, 5.41) is 7.84. The minimum absolute atomic E-state index is 0. The Labute approximate surface area is 194 Å². The summed E-state index contributed by atoms with van der Waals surface area (Å²) in [6.45, 7) is 5.06. The van der Waals surface area contributed by atoms with Crippen LogP contribution in [0, 0.1) is 13.8 Å². The molecule has 160 valence electrons. The van der Waals surface area contributed by atoms with Crippen LogP contribution >= 0.6 is 24.0 Å². The van der Waals surface area contributed by atoms with Crippen molar-refractivity contribution in [2.24, 2.45) is 10.7 Å². The zero-order valence-corrected chi connectivity index (χ0v) is 20.0. The second kappa shape index (κ2) is 10.9. The molecule has 0 atom stereocenters. The number of guanidine groups is 1. The number of hydrogen-bond acceptors (Lipinski definition) is 4. The van der Waals surface area contributed by atoms with E-state index in [2.05, 4.69) is 22.3 Å². The lowest BCUT2D eigenvalue weighted by Crippen LogP contribution is -2.31. The first-order chi connectivity index (χ1) is 14.0. The first kappa shape index (κ1) is 23.5. The standard InChI is InChI=1S/C22H27N5O2.HI/c1-15-19(16(2)27(26-15)18-8-6-5-7-9-18)14-25-22(23)24-13-17-10-11-20(28-3)21(12-17)29-4;/h5-12H,13-14H2,1-4H3,(H3,23,24,25);1H. The highest BCUT2D eigenvalue weighted by atomic mass is 127. The van der Waals surface area contributed by atoms with Gasteiger partial charge in [0, 0.05) is 17.8 Å². The van der Waals surface area contributed by atoms with Gasteiger partial charge in [0.05, 0.1) is 32.1 Å². The number of halogens is 1. The Hall–Kier alpha value is -2.75. The summed E-state index contributed by atoms with van der Waals surface area (Å²) in [7, 11) is 3.22. The van der Waals surface area contributed by atoms with Gasteiger partial charge in [-0.05, 0) is 43.7 Å². The van der Waals surface area contributed by atoms with Crippen molar-refractivity contribution in [3.05, 3.63) is 71.0 Å². The van der Waals surface area contributed by atoms with Crippen molar-refractivity contribution in [1.29, 1.82) is 0 Å². The number of aryl methyl sites for hydroxylation is 1. The molecule has 0 unspecified atom stereocenters. The summed E-state index contributed by atoms with van der Waals surface area (Å²) in [6, 6.07) is 15.8. The van der Waals surface area contributed by atoms with E-state index in [0.29, 0.717) is 30.5 Å². The van der Waals surface area contributed by atoms with Crippen molar-refractivity contribution in [2.75, 3.05) is 14.2 Å². The van der Waals surface area contributed by atoms with Crippen LogP contribution in [0.2, 0.25) is 0 Å². The summed E-state index contributed by atoms with van der Waals surface area (Å²) >= 11 is 0. The van der Waals surface area contributed by atoms with Crippen LogP contribution < -0.4 is 20.5 Å². The fourth-order valence-corrected chi connectivity index (χ4v) is 3.14. The van der Waals surface area contributed by atoms with Gasteiger partial charge in [0.2, 0.25) is 0 Å². The third-order valence-electron chi connectivity index (χ3n) is 4.77. The van der Waals surface area contributed by atoms with E-state index in [1.54, 1.807) is 14.2 Å². The smallest absolute Gasteiger partial charge is 0.189 e. The molecule has 0 fully saturated rings. The van der Waals surface area contributed by atoms with Gasteiger partial charge in [-0.2, -0.15) is 5.10 Å². The van der Waals surface area contributed by atoms with Crippen LogP contribution in [-0.4, -0.2) is 30.0 Å². The lowest BCUT2D eigenvalue weighted by molar-refractivity contribution is 0.354. The molecule has 30 heavy (non-hydrogen) atoms. The molecule has 0 aliphatic heterocycles. The van der Waals surface area contributed by atoms with E-state index in [-0.39, 0.29) is 24.0 Å². The Morgan fingerprint density at radius 3 is 2.43 bits per heavy atom. The number of hydrogen-bond donors (Lipinski definition) is 2. The van der Waals surface area contributed by atoms with Crippen molar-refractivity contribution in [3.8, 4) is 17.2 Å². The van der Waals surface area contributed by atoms with Crippen molar-refractivity contribution in [3.63, 3.8) is 0 Å². The molecule has 3 rings (SSSR count). The van der Waals surface area contributed by atoms with E-state index in [1.807, 2.05) is 60.1 Å².